The molecule has 2 aromatic carbocycles. The molecule has 0 saturated heterocycles. The van der Waals surface area contributed by atoms with Crippen LogP contribution in [0.1, 0.15) is 0 Å². The van der Waals surface area contributed by atoms with E-state index in [4.69, 9.17) is 11.5 Å². The Labute approximate surface area is 113 Å². The summed E-state index contributed by atoms with van der Waals surface area (Å²) in [6.45, 7) is 0. The van der Waals surface area contributed by atoms with Crippen molar-refractivity contribution < 1.29 is 4.39 Å². The van der Waals surface area contributed by atoms with Gasteiger partial charge in [0.05, 0.1) is 5.69 Å². The van der Waals surface area contributed by atoms with E-state index in [2.05, 4.69) is 15.5 Å². The quantitative estimate of drug-likeness (QED) is 0.690. The molecule has 0 aliphatic carbocycles. The molecule has 20 heavy (non-hydrogen) atoms. The van der Waals surface area contributed by atoms with Crippen molar-refractivity contribution in [2.24, 2.45) is 0 Å². The number of benzene rings is 2. The lowest BCUT2D eigenvalue weighted by Gasteiger charge is -2.06. The van der Waals surface area contributed by atoms with E-state index in [9.17, 15) is 4.39 Å². The maximum Gasteiger partial charge on any atom is 0.187 e. The Balaban J connectivity index is 2.15. The fourth-order valence-corrected chi connectivity index (χ4v) is 1.95. The summed E-state index contributed by atoms with van der Waals surface area (Å²) in [5, 5.41) is 11.4. The summed E-state index contributed by atoms with van der Waals surface area (Å²) in [5.74, 6) is 0.0747. The van der Waals surface area contributed by atoms with Crippen molar-refractivity contribution in [2.45, 2.75) is 0 Å². The van der Waals surface area contributed by atoms with Crippen molar-refractivity contribution in [1.29, 1.82) is 0 Å². The van der Waals surface area contributed by atoms with E-state index in [1.807, 2.05) is 0 Å². The van der Waals surface area contributed by atoms with Crippen molar-refractivity contribution >= 4 is 11.4 Å². The summed E-state index contributed by atoms with van der Waals surface area (Å²) >= 11 is 0. The number of rotatable bonds is 2. The molecule has 0 spiro atoms. The van der Waals surface area contributed by atoms with Crippen LogP contribution in [0, 0.1) is 5.82 Å². The van der Waals surface area contributed by atoms with Gasteiger partial charge in [0, 0.05) is 16.9 Å². The van der Waals surface area contributed by atoms with Crippen LogP contribution in [-0.2, 0) is 0 Å². The van der Waals surface area contributed by atoms with Gasteiger partial charge in [-0.1, -0.05) is 6.07 Å². The molecule has 1 heterocycles. The SMILES string of the molecule is Nc1cc(N)cc(-c2nnnn2-c2cccc(F)c2)c1. The highest BCUT2D eigenvalue weighted by atomic mass is 19.1. The van der Waals surface area contributed by atoms with E-state index < -0.39 is 0 Å². The van der Waals surface area contributed by atoms with Gasteiger partial charge >= 0.3 is 0 Å². The third-order valence-electron chi connectivity index (χ3n) is 2.76. The number of nitrogens with two attached hydrogens (primary N) is 2. The topological polar surface area (TPSA) is 95.6 Å². The Hall–Kier alpha value is -2.96. The Bertz CT molecular complexity index is 747. The standard InChI is InChI=1S/C13H11FN6/c14-9-2-1-3-12(6-9)20-13(17-18-19-20)8-4-10(15)7-11(16)5-8/h1-7H,15-16H2. The van der Waals surface area contributed by atoms with Crippen LogP contribution in [0.5, 0.6) is 0 Å². The van der Waals surface area contributed by atoms with Gasteiger partial charge in [0.2, 0.25) is 0 Å². The van der Waals surface area contributed by atoms with Crippen molar-refractivity contribution in [1.82, 2.24) is 20.2 Å². The minimum absolute atomic E-state index is 0.365. The number of aromatic nitrogens is 4. The van der Waals surface area contributed by atoms with Crippen molar-refractivity contribution in [3.63, 3.8) is 0 Å². The molecule has 0 aliphatic heterocycles. The number of hydrogen-bond acceptors (Lipinski definition) is 5. The minimum Gasteiger partial charge on any atom is -0.399 e. The molecule has 4 N–H and O–H groups in total. The Morgan fingerprint density at radius 3 is 2.45 bits per heavy atom. The molecule has 6 nitrogen and oxygen atoms in total. The monoisotopic (exact) mass is 270 g/mol. The summed E-state index contributed by atoms with van der Waals surface area (Å²) < 4.78 is 14.7. The second-order valence-corrected chi connectivity index (χ2v) is 4.28. The van der Waals surface area contributed by atoms with Gasteiger partial charge in [-0.05, 0) is 46.8 Å². The third-order valence-corrected chi connectivity index (χ3v) is 2.76. The van der Waals surface area contributed by atoms with Crippen LogP contribution in [0.2, 0.25) is 0 Å². The van der Waals surface area contributed by atoms with Crippen molar-refractivity contribution in [3.8, 4) is 17.1 Å². The van der Waals surface area contributed by atoms with Crippen LogP contribution >= 0.6 is 0 Å². The van der Waals surface area contributed by atoms with E-state index in [1.54, 1.807) is 30.3 Å². The molecule has 3 aromatic rings. The molecule has 0 atom stereocenters. The van der Waals surface area contributed by atoms with Crippen LogP contribution in [0.4, 0.5) is 15.8 Å². The smallest absolute Gasteiger partial charge is 0.187 e. The number of anilines is 2. The highest BCUT2D eigenvalue weighted by Gasteiger charge is 2.12. The summed E-state index contributed by atoms with van der Waals surface area (Å²) in [6.07, 6.45) is 0. The van der Waals surface area contributed by atoms with Crippen molar-refractivity contribution in [3.05, 3.63) is 48.3 Å². The normalized spacial score (nSPS) is 10.7. The fourth-order valence-electron chi connectivity index (χ4n) is 1.95. The number of nitrogens with zero attached hydrogens (tertiary/aromatic N) is 4. The molecule has 0 bridgehead atoms. The first kappa shape index (κ1) is 12.1. The zero-order chi connectivity index (χ0) is 14.1. The third kappa shape index (κ3) is 2.16. The highest BCUT2D eigenvalue weighted by Crippen LogP contribution is 2.24. The summed E-state index contributed by atoms with van der Waals surface area (Å²) in [5.41, 5.74) is 13.7. The zero-order valence-corrected chi connectivity index (χ0v) is 10.4. The molecule has 0 radical (unpaired) electrons. The van der Waals surface area contributed by atoms with Crippen LogP contribution in [0.25, 0.3) is 17.1 Å². The molecular weight excluding hydrogens is 259 g/mol. The van der Waals surface area contributed by atoms with Gasteiger partial charge < -0.3 is 11.5 Å². The number of nitrogen functional groups attached to an aromatic ring is 2. The van der Waals surface area contributed by atoms with Crippen LogP contribution in [-0.4, -0.2) is 20.2 Å². The summed E-state index contributed by atoms with van der Waals surface area (Å²) in [4.78, 5) is 0. The lowest BCUT2D eigenvalue weighted by atomic mass is 10.1. The van der Waals surface area contributed by atoms with E-state index in [1.165, 1.54) is 16.8 Å². The molecule has 1 aromatic heterocycles. The number of hydrogen-bond donors (Lipinski definition) is 2. The lowest BCUT2D eigenvalue weighted by molar-refractivity contribution is 0.625. The van der Waals surface area contributed by atoms with E-state index in [-0.39, 0.29) is 5.82 Å². The van der Waals surface area contributed by atoms with Crippen LogP contribution < -0.4 is 11.5 Å². The van der Waals surface area contributed by atoms with E-state index in [0.717, 1.165) is 0 Å². The zero-order valence-electron chi connectivity index (χ0n) is 10.4. The van der Waals surface area contributed by atoms with Gasteiger partial charge in [0.1, 0.15) is 5.82 Å². The second-order valence-electron chi connectivity index (χ2n) is 4.28. The van der Waals surface area contributed by atoms with Gasteiger partial charge in [-0.25, -0.2) is 4.39 Å². The first-order chi connectivity index (χ1) is 9.63. The van der Waals surface area contributed by atoms with E-state index >= 15 is 0 Å². The second kappa shape index (κ2) is 4.61. The minimum atomic E-state index is -0.365. The molecule has 0 saturated carbocycles. The maximum absolute atomic E-state index is 13.3. The number of halogens is 1. The highest BCUT2D eigenvalue weighted by molar-refractivity contribution is 5.68. The molecule has 0 unspecified atom stereocenters. The number of tetrazole rings is 1. The molecule has 3 rings (SSSR count). The molecule has 0 aliphatic rings. The Kier molecular flexibility index (Phi) is 2.79. The predicted molar refractivity (Wildman–Crippen MR) is 73.4 cm³/mol. The Morgan fingerprint density at radius 2 is 1.75 bits per heavy atom. The Morgan fingerprint density at radius 1 is 1.00 bits per heavy atom. The van der Waals surface area contributed by atoms with Gasteiger partial charge in [-0.2, -0.15) is 4.68 Å². The molecule has 7 heteroatoms. The average Bonchev–Trinajstić information content (AvgIpc) is 2.86. The first-order valence-corrected chi connectivity index (χ1v) is 5.84. The fraction of sp³-hybridized carbons (Fsp3) is 0. The van der Waals surface area contributed by atoms with E-state index in [0.29, 0.717) is 28.5 Å². The largest absolute Gasteiger partial charge is 0.399 e. The van der Waals surface area contributed by atoms with Crippen LogP contribution in [0.15, 0.2) is 42.5 Å². The summed E-state index contributed by atoms with van der Waals surface area (Å²) in [7, 11) is 0. The molecule has 0 fully saturated rings. The average molecular weight is 270 g/mol. The van der Waals surface area contributed by atoms with Gasteiger partial charge in [0.15, 0.2) is 5.82 Å². The predicted octanol–water partition coefficient (Wildman–Crippen LogP) is 1.63. The van der Waals surface area contributed by atoms with Gasteiger partial charge in [0.25, 0.3) is 0 Å². The maximum atomic E-state index is 13.3. The lowest BCUT2D eigenvalue weighted by Crippen LogP contribution is -2.01. The van der Waals surface area contributed by atoms with Gasteiger partial charge in [-0.15, -0.1) is 5.10 Å². The first-order valence-electron chi connectivity index (χ1n) is 5.84. The van der Waals surface area contributed by atoms with Crippen molar-refractivity contribution in [2.75, 3.05) is 11.5 Å². The molecular formula is C13H11FN6. The molecule has 0 amide bonds. The van der Waals surface area contributed by atoms with Gasteiger partial charge in [-0.3, -0.25) is 0 Å². The molecule has 100 valence electrons. The summed E-state index contributed by atoms with van der Waals surface area (Å²) in [6, 6.07) is 11.0. The van der Waals surface area contributed by atoms with Crippen LogP contribution in [0.3, 0.4) is 0 Å².